The van der Waals surface area contributed by atoms with Gasteiger partial charge < -0.3 is 30.6 Å². The maximum absolute atomic E-state index is 10.7. The fourth-order valence-electron chi connectivity index (χ4n) is 4.00. The van der Waals surface area contributed by atoms with Crippen LogP contribution in [-0.2, 0) is 11.2 Å². The molecule has 0 radical (unpaired) electrons. The van der Waals surface area contributed by atoms with Crippen LogP contribution in [0.4, 0.5) is 0 Å². The number of hydrogen-bond acceptors (Lipinski definition) is 6. The fraction of sp³-hybridized carbons (Fsp3) is 0.607. The number of allylic oxidation sites excluding steroid dienone is 2. The number of hydrogen-bond donors (Lipinski definition) is 6. The lowest BCUT2D eigenvalue weighted by atomic mass is 9.91. The Morgan fingerprint density at radius 3 is 2.31 bits per heavy atom. The van der Waals surface area contributed by atoms with Crippen molar-refractivity contribution in [1.82, 2.24) is 0 Å². The van der Waals surface area contributed by atoms with Gasteiger partial charge in [0.15, 0.2) is 0 Å². The molecule has 0 fully saturated rings. The summed E-state index contributed by atoms with van der Waals surface area (Å²) in [5.41, 5.74) is 2.69. The molecular weight excluding hydrogens is 448 g/mol. The molecule has 0 aliphatic carbocycles. The standard InChI is InChI=1S/C28H44O7/c1-2-3-13-26(32)27(33)16-15-23(17-21-10-9-12-24(30)18-21)22(19-25(31)20-29)11-7-5-4-6-8-14-28(34)35/h9-10,12,15-16,18,25-27,29-33H,2-8,11,13-14,17,19-20H2,1H3,(H,34,35)/b16-15+,23-22+/t25-,26-,27+/m0/s1. The van der Waals surface area contributed by atoms with Crippen LogP contribution in [0.1, 0.15) is 83.1 Å². The van der Waals surface area contributed by atoms with Gasteiger partial charge in [0.1, 0.15) is 5.75 Å². The van der Waals surface area contributed by atoms with Crippen molar-refractivity contribution in [2.45, 2.75) is 102 Å². The molecule has 0 spiro atoms. The summed E-state index contributed by atoms with van der Waals surface area (Å²) in [4.78, 5) is 10.7. The Bertz CT molecular complexity index is 787. The molecule has 0 aliphatic rings. The van der Waals surface area contributed by atoms with E-state index in [2.05, 4.69) is 0 Å². The van der Waals surface area contributed by atoms with Gasteiger partial charge in [-0.2, -0.15) is 0 Å². The van der Waals surface area contributed by atoms with Gasteiger partial charge in [-0.05, 0) is 61.8 Å². The van der Waals surface area contributed by atoms with E-state index >= 15 is 0 Å². The number of aliphatic carboxylic acids is 1. The van der Waals surface area contributed by atoms with Gasteiger partial charge in [0.25, 0.3) is 0 Å². The third kappa shape index (κ3) is 14.1. The summed E-state index contributed by atoms with van der Waals surface area (Å²) in [6.45, 7) is 1.66. The molecule has 6 N–H and O–H groups in total. The van der Waals surface area contributed by atoms with Crippen LogP contribution in [0.5, 0.6) is 5.75 Å². The maximum Gasteiger partial charge on any atom is 0.303 e. The Morgan fingerprint density at radius 2 is 1.69 bits per heavy atom. The zero-order chi connectivity index (χ0) is 26.1. The monoisotopic (exact) mass is 492 g/mol. The highest BCUT2D eigenvalue weighted by molar-refractivity contribution is 5.66. The number of rotatable bonds is 19. The number of carbonyl (C=O) groups is 1. The van der Waals surface area contributed by atoms with E-state index < -0.39 is 24.3 Å². The summed E-state index contributed by atoms with van der Waals surface area (Å²) >= 11 is 0. The smallest absolute Gasteiger partial charge is 0.303 e. The van der Waals surface area contributed by atoms with Gasteiger partial charge >= 0.3 is 5.97 Å². The third-order valence-electron chi connectivity index (χ3n) is 6.06. The van der Waals surface area contributed by atoms with Crippen LogP contribution in [0.3, 0.4) is 0 Å². The second-order valence-electron chi connectivity index (χ2n) is 9.24. The summed E-state index contributed by atoms with van der Waals surface area (Å²) in [6.07, 6.45) is 8.64. The number of aromatic hydroxyl groups is 1. The number of phenolic OH excluding ortho intramolecular Hbond substituents is 1. The van der Waals surface area contributed by atoms with E-state index in [4.69, 9.17) is 5.11 Å². The molecule has 0 aliphatic heterocycles. The fourth-order valence-corrected chi connectivity index (χ4v) is 4.00. The van der Waals surface area contributed by atoms with Crippen molar-refractivity contribution in [1.29, 1.82) is 0 Å². The van der Waals surface area contributed by atoms with Gasteiger partial charge in [0.05, 0.1) is 24.9 Å². The van der Waals surface area contributed by atoms with Crippen molar-refractivity contribution >= 4 is 5.97 Å². The van der Waals surface area contributed by atoms with E-state index in [1.54, 1.807) is 30.4 Å². The quantitative estimate of drug-likeness (QED) is 0.125. The van der Waals surface area contributed by atoms with E-state index in [-0.39, 0.29) is 25.2 Å². The van der Waals surface area contributed by atoms with Crippen molar-refractivity contribution in [3.63, 3.8) is 0 Å². The summed E-state index contributed by atoms with van der Waals surface area (Å²) in [5.74, 6) is -0.627. The maximum atomic E-state index is 10.7. The molecule has 0 heterocycles. The highest BCUT2D eigenvalue weighted by atomic mass is 16.4. The van der Waals surface area contributed by atoms with Crippen LogP contribution in [0.2, 0.25) is 0 Å². The first kappa shape index (κ1) is 30.8. The van der Waals surface area contributed by atoms with E-state index in [1.165, 1.54) is 0 Å². The van der Waals surface area contributed by atoms with E-state index in [0.717, 1.165) is 55.2 Å². The third-order valence-corrected chi connectivity index (χ3v) is 6.06. The average molecular weight is 493 g/mol. The molecule has 3 atom stereocenters. The molecule has 7 heteroatoms. The zero-order valence-corrected chi connectivity index (χ0v) is 21.0. The van der Waals surface area contributed by atoms with Crippen LogP contribution in [0, 0.1) is 0 Å². The van der Waals surface area contributed by atoms with E-state index in [9.17, 15) is 30.3 Å². The van der Waals surface area contributed by atoms with Crippen molar-refractivity contribution < 1.29 is 35.4 Å². The van der Waals surface area contributed by atoms with Crippen LogP contribution in [0.15, 0.2) is 47.6 Å². The number of aliphatic hydroxyl groups is 4. The first-order valence-electron chi connectivity index (χ1n) is 12.8. The van der Waals surface area contributed by atoms with Gasteiger partial charge in [-0.15, -0.1) is 0 Å². The molecule has 7 nitrogen and oxygen atoms in total. The predicted molar refractivity (Wildman–Crippen MR) is 137 cm³/mol. The van der Waals surface area contributed by atoms with Gasteiger partial charge in [-0.1, -0.05) is 68.9 Å². The summed E-state index contributed by atoms with van der Waals surface area (Å²) in [7, 11) is 0. The molecule has 0 bridgehead atoms. The highest BCUT2D eigenvalue weighted by Gasteiger charge is 2.15. The lowest BCUT2D eigenvalue weighted by Gasteiger charge is -2.18. The summed E-state index contributed by atoms with van der Waals surface area (Å²) < 4.78 is 0. The number of aliphatic hydroxyl groups excluding tert-OH is 4. The second-order valence-corrected chi connectivity index (χ2v) is 9.24. The molecule has 0 saturated carbocycles. The van der Waals surface area contributed by atoms with Crippen molar-refractivity contribution in [3.8, 4) is 5.75 Å². The summed E-state index contributed by atoms with van der Waals surface area (Å²) in [5, 5.41) is 58.9. The Hall–Kier alpha value is -2.19. The van der Waals surface area contributed by atoms with Crippen molar-refractivity contribution in [2.24, 2.45) is 0 Å². The number of phenols is 1. The molecular formula is C28H44O7. The Kier molecular flexibility index (Phi) is 16.0. The molecule has 198 valence electrons. The number of benzene rings is 1. The van der Waals surface area contributed by atoms with Crippen LogP contribution < -0.4 is 0 Å². The normalized spacial score (nSPS) is 15.1. The zero-order valence-electron chi connectivity index (χ0n) is 21.0. The van der Waals surface area contributed by atoms with Crippen LogP contribution in [-0.4, -0.2) is 61.5 Å². The average Bonchev–Trinajstić information content (AvgIpc) is 2.83. The lowest BCUT2D eigenvalue weighted by molar-refractivity contribution is -0.137. The number of unbranched alkanes of at least 4 members (excludes halogenated alkanes) is 5. The minimum absolute atomic E-state index is 0.152. The van der Waals surface area contributed by atoms with E-state index in [1.807, 2.05) is 13.0 Å². The topological polar surface area (TPSA) is 138 Å². The largest absolute Gasteiger partial charge is 0.508 e. The Labute approximate surface area is 209 Å². The molecule has 1 aromatic carbocycles. The Morgan fingerprint density at radius 1 is 1.00 bits per heavy atom. The van der Waals surface area contributed by atoms with Gasteiger partial charge in [0.2, 0.25) is 0 Å². The van der Waals surface area contributed by atoms with Crippen LogP contribution >= 0.6 is 0 Å². The van der Waals surface area contributed by atoms with Gasteiger partial charge in [-0.3, -0.25) is 4.79 Å². The molecule has 35 heavy (non-hydrogen) atoms. The minimum atomic E-state index is -1.01. The lowest BCUT2D eigenvalue weighted by Crippen LogP contribution is -2.23. The first-order chi connectivity index (χ1) is 16.8. The molecule has 0 unspecified atom stereocenters. The van der Waals surface area contributed by atoms with Crippen molar-refractivity contribution in [2.75, 3.05) is 6.61 Å². The molecule has 0 aromatic heterocycles. The molecule has 1 rings (SSSR count). The highest BCUT2D eigenvalue weighted by Crippen LogP contribution is 2.25. The minimum Gasteiger partial charge on any atom is -0.508 e. The number of carboxylic acids is 1. The second kappa shape index (κ2) is 18.1. The summed E-state index contributed by atoms with van der Waals surface area (Å²) in [6, 6.07) is 6.91. The predicted octanol–water partition coefficient (Wildman–Crippen LogP) is 4.26. The van der Waals surface area contributed by atoms with Gasteiger partial charge in [-0.25, -0.2) is 0 Å². The van der Waals surface area contributed by atoms with Gasteiger partial charge in [0, 0.05) is 6.42 Å². The molecule has 0 amide bonds. The SMILES string of the molecule is CCCC[C@H](O)[C@H](O)/C=C/C(Cc1cccc(O)c1)=C(/CCCCCCCC(=O)O)C[C@H](O)CO. The first-order valence-corrected chi connectivity index (χ1v) is 12.8. The molecule has 0 saturated heterocycles. The Balaban J connectivity index is 3.05. The molecule has 1 aromatic rings. The van der Waals surface area contributed by atoms with Crippen LogP contribution in [0.25, 0.3) is 0 Å². The number of carboxylic acid groups (broad SMARTS) is 1. The van der Waals surface area contributed by atoms with E-state index in [0.29, 0.717) is 25.7 Å². The van der Waals surface area contributed by atoms with Crippen molar-refractivity contribution in [3.05, 3.63) is 53.1 Å².